The molecule has 1 aliphatic carbocycles. The molecule has 3 aromatic heterocycles. The second kappa shape index (κ2) is 7.50. The minimum Gasteiger partial charge on any atom is -0.448 e. The van der Waals surface area contributed by atoms with Gasteiger partial charge in [0.05, 0.1) is 5.69 Å². The lowest BCUT2D eigenvalue weighted by atomic mass is 9.92. The Labute approximate surface area is 179 Å². The van der Waals surface area contributed by atoms with Crippen LogP contribution in [-0.4, -0.2) is 50.6 Å². The van der Waals surface area contributed by atoms with E-state index in [2.05, 4.69) is 35.5 Å². The van der Waals surface area contributed by atoms with Crippen LogP contribution in [-0.2, 0) is 0 Å². The number of hydrogen-bond acceptors (Lipinski definition) is 7. The van der Waals surface area contributed by atoms with Gasteiger partial charge >= 0.3 is 12.5 Å². The van der Waals surface area contributed by atoms with E-state index in [1.807, 2.05) is 6.92 Å². The molecule has 4 heterocycles. The van der Waals surface area contributed by atoms with Gasteiger partial charge in [0.25, 0.3) is 0 Å². The molecule has 5 rings (SSSR count). The van der Waals surface area contributed by atoms with Gasteiger partial charge in [0.2, 0.25) is 5.95 Å². The maximum absolute atomic E-state index is 13.4. The molecule has 3 aromatic rings. The molecule has 1 N–H and O–H groups in total. The van der Waals surface area contributed by atoms with E-state index in [0.717, 1.165) is 31.6 Å². The fourth-order valence-corrected chi connectivity index (χ4v) is 5.28. The molecule has 0 radical (unpaired) electrons. The molecule has 0 amide bonds. The van der Waals surface area contributed by atoms with Crippen LogP contribution in [0.2, 0.25) is 0 Å². The standard InChI is InChI=1S/C19H20F4N6OS/c1-10-7-14(31-27-10)28-8-11-4-5-12(9-28)15(11)24-18-25-16-13(3-2-6-29(16)26-18)30-17(20)19(21,22)23/h2-3,6-7,11-12,15,17H,4-5,8-9H2,1H3,(H,24,26)/t11-,12+,15?,17?. The summed E-state index contributed by atoms with van der Waals surface area (Å²) >= 11 is 1.51. The minimum absolute atomic E-state index is 0.0295. The molecule has 12 heteroatoms. The Morgan fingerprint density at radius 1 is 1.26 bits per heavy atom. The normalized spacial score (nSPS) is 24.5. The van der Waals surface area contributed by atoms with Crippen molar-refractivity contribution in [1.29, 1.82) is 0 Å². The van der Waals surface area contributed by atoms with Crippen LogP contribution < -0.4 is 15.0 Å². The zero-order valence-corrected chi connectivity index (χ0v) is 17.3. The molecule has 2 unspecified atom stereocenters. The number of alkyl halides is 4. The number of anilines is 2. The van der Waals surface area contributed by atoms with Gasteiger partial charge in [-0.05, 0) is 61.3 Å². The molecule has 0 spiro atoms. The molecule has 31 heavy (non-hydrogen) atoms. The Hall–Kier alpha value is -2.63. The average molecular weight is 456 g/mol. The second-order valence-corrected chi connectivity index (χ2v) is 8.81. The Morgan fingerprint density at radius 2 is 2.00 bits per heavy atom. The first-order chi connectivity index (χ1) is 14.8. The number of aromatic nitrogens is 4. The van der Waals surface area contributed by atoms with Gasteiger partial charge in [-0.25, -0.2) is 4.52 Å². The van der Waals surface area contributed by atoms with E-state index in [1.54, 1.807) is 0 Å². The van der Waals surface area contributed by atoms with Gasteiger partial charge in [-0.3, -0.25) is 0 Å². The van der Waals surface area contributed by atoms with Gasteiger partial charge in [0.15, 0.2) is 11.4 Å². The predicted molar refractivity (Wildman–Crippen MR) is 107 cm³/mol. The van der Waals surface area contributed by atoms with Crippen LogP contribution in [0.5, 0.6) is 5.75 Å². The zero-order chi connectivity index (χ0) is 21.8. The number of aryl methyl sites for hydroxylation is 1. The van der Waals surface area contributed by atoms with Crippen molar-refractivity contribution in [3.05, 3.63) is 30.1 Å². The van der Waals surface area contributed by atoms with E-state index in [1.165, 1.54) is 39.4 Å². The Morgan fingerprint density at radius 3 is 2.65 bits per heavy atom. The number of fused-ring (bicyclic) bond motifs is 3. The number of piperidine rings is 1. The first kappa shape index (κ1) is 20.3. The smallest absolute Gasteiger partial charge is 0.448 e. The predicted octanol–water partition coefficient (Wildman–Crippen LogP) is 4.06. The van der Waals surface area contributed by atoms with Crippen molar-refractivity contribution in [2.75, 3.05) is 23.3 Å². The highest BCUT2D eigenvalue weighted by Gasteiger charge is 2.44. The van der Waals surface area contributed by atoms with Crippen LogP contribution in [0, 0.1) is 18.8 Å². The number of ether oxygens (including phenoxy) is 1. The van der Waals surface area contributed by atoms with Crippen molar-refractivity contribution < 1.29 is 22.3 Å². The van der Waals surface area contributed by atoms with Gasteiger partial charge in [-0.2, -0.15) is 26.9 Å². The third-order valence-corrected chi connectivity index (χ3v) is 6.81. The van der Waals surface area contributed by atoms with Crippen LogP contribution in [0.15, 0.2) is 24.4 Å². The van der Waals surface area contributed by atoms with Crippen molar-refractivity contribution in [2.24, 2.45) is 11.8 Å². The number of nitrogens with one attached hydrogen (secondary N) is 1. The third kappa shape index (κ3) is 3.88. The topological polar surface area (TPSA) is 67.6 Å². The lowest BCUT2D eigenvalue weighted by Gasteiger charge is -2.38. The first-order valence-corrected chi connectivity index (χ1v) is 10.7. The molecular formula is C19H20F4N6OS. The zero-order valence-electron chi connectivity index (χ0n) is 16.5. The average Bonchev–Trinajstić information content (AvgIpc) is 3.38. The number of halogens is 4. The van der Waals surface area contributed by atoms with Gasteiger partial charge in [0.1, 0.15) is 5.00 Å². The van der Waals surface area contributed by atoms with Crippen LogP contribution in [0.4, 0.5) is 28.5 Å². The van der Waals surface area contributed by atoms with Crippen LogP contribution in [0.1, 0.15) is 18.5 Å². The molecule has 1 saturated heterocycles. The lowest BCUT2D eigenvalue weighted by molar-refractivity contribution is -0.236. The quantitative estimate of drug-likeness (QED) is 0.584. The number of nitrogens with zero attached hydrogens (tertiary/aromatic N) is 5. The summed E-state index contributed by atoms with van der Waals surface area (Å²) < 4.78 is 61.1. The van der Waals surface area contributed by atoms with E-state index in [9.17, 15) is 17.6 Å². The molecule has 1 aliphatic heterocycles. The Balaban J connectivity index is 1.33. The summed E-state index contributed by atoms with van der Waals surface area (Å²) in [6, 6.07) is 4.94. The van der Waals surface area contributed by atoms with Gasteiger partial charge in [-0.15, -0.1) is 5.10 Å². The fourth-order valence-electron chi connectivity index (χ4n) is 4.50. The van der Waals surface area contributed by atoms with E-state index in [0.29, 0.717) is 17.8 Å². The third-order valence-electron chi connectivity index (χ3n) is 5.87. The molecule has 0 aromatic carbocycles. The van der Waals surface area contributed by atoms with Crippen LogP contribution >= 0.6 is 11.5 Å². The number of pyridine rings is 1. The fraction of sp³-hybridized carbons (Fsp3) is 0.526. The van der Waals surface area contributed by atoms with Crippen molar-refractivity contribution >= 4 is 28.1 Å². The summed E-state index contributed by atoms with van der Waals surface area (Å²) in [7, 11) is 0. The van der Waals surface area contributed by atoms with E-state index in [-0.39, 0.29) is 17.4 Å². The molecule has 2 aliphatic rings. The molecule has 1 saturated carbocycles. The highest BCUT2D eigenvalue weighted by atomic mass is 32.1. The van der Waals surface area contributed by atoms with E-state index < -0.39 is 12.5 Å². The summed E-state index contributed by atoms with van der Waals surface area (Å²) in [4.78, 5) is 6.65. The summed E-state index contributed by atoms with van der Waals surface area (Å²) in [5, 5.41) is 8.84. The maximum Gasteiger partial charge on any atom is 0.457 e. The molecular weight excluding hydrogens is 436 g/mol. The largest absolute Gasteiger partial charge is 0.457 e. The molecule has 166 valence electrons. The van der Waals surface area contributed by atoms with Gasteiger partial charge < -0.3 is 15.0 Å². The highest BCUT2D eigenvalue weighted by Crippen LogP contribution is 2.41. The maximum atomic E-state index is 13.4. The van der Waals surface area contributed by atoms with Crippen molar-refractivity contribution in [2.45, 2.75) is 38.3 Å². The van der Waals surface area contributed by atoms with Crippen molar-refractivity contribution in [1.82, 2.24) is 19.0 Å². The minimum atomic E-state index is -5.11. The summed E-state index contributed by atoms with van der Waals surface area (Å²) in [5.41, 5.74) is 1.04. The highest BCUT2D eigenvalue weighted by molar-refractivity contribution is 7.10. The van der Waals surface area contributed by atoms with Gasteiger partial charge in [-0.1, -0.05) is 0 Å². The number of hydrogen-bond donors (Lipinski definition) is 1. The summed E-state index contributed by atoms with van der Waals surface area (Å²) in [5.74, 6) is 0.765. The number of rotatable bonds is 5. The monoisotopic (exact) mass is 456 g/mol. The Bertz CT molecular complexity index is 1070. The second-order valence-electron chi connectivity index (χ2n) is 8.03. The first-order valence-electron chi connectivity index (χ1n) is 9.95. The molecule has 4 atom stereocenters. The summed E-state index contributed by atoms with van der Waals surface area (Å²) in [6.07, 6.45) is -4.86. The van der Waals surface area contributed by atoms with E-state index in [4.69, 9.17) is 0 Å². The molecule has 2 fully saturated rings. The van der Waals surface area contributed by atoms with Crippen molar-refractivity contribution in [3.63, 3.8) is 0 Å². The van der Waals surface area contributed by atoms with Crippen LogP contribution in [0.3, 0.4) is 0 Å². The summed E-state index contributed by atoms with van der Waals surface area (Å²) in [6.45, 7) is 3.77. The Kier molecular flexibility index (Phi) is 4.91. The van der Waals surface area contributed by atoms with Crippen LogP contribution in [0.25, 0.3) is 5.65 Å². The SMILES string of the molecule is Cc1cc(N2C[C@H]3CC[C@@H](C2)C3Nc2nc3c(OC(F)C(F)(F)F)cccn3n2)sn1. The molecule has 7 nitrogen and oxygen atoms in total. The van der Waals surface area contributed by atoms with Crippen molar-refractivity contribution in [3.8, 4) is 5.75 Å². The van der Waals surface area contributed by atoms with Gasteiger partial charge in [0, 0.05) is 25.3 Å². The van der Waals surface area contributed by atoms with E-state index >= 15 is 0 Å². The lowest BCUT2D eigenvalue weighted by Crippen LogP contribution is -2.48. The molecule has 2 bridgehead atoms.